The summed E-state index contributed by atoms with van der Waals surface area (Å²) in [6, 6.07) is 7.23. The third kappa shape index (κ3) is 2.61. The minimum absolute atomic E-state index is 0.361. The third-order valence-corrected chi connectivity index (χ3v) is 3.37. The predicted octanol–water partition coefficient (Wildman–Crippen LogP) is 3.95. The summed E-state index contributed by atoms with van der Waals surface area (Å²) in [5, 5.41) is 5.42. The van der Waals surface area contributed by atoms with Crippen molar-refractivity contribution >= 4 is 17.3 Å². The molecular weight excluding hydrogens is 300 g/mol. The Balaban J connectivity index is 1.91. The van der Waals surface area contributed by atoms with Gasteiger partial charge in [-0.05, 0) is 35.9 Å². The predicted molar refractivity (Wildman–Crippen MR) is 72.8 cm³/mol. The lowest BCUT2D eigenvalue weighted by Crippen LogP contribution is -2.32. The van der Waals surface area contributed by atoms with Gasteiger partial charge in [-0.15, -0.1) is 0 Å². The molecule has 0 spiro atoms. The van der Waals surface area contributed by atoms with Gasteiger partial charge in [-0.3, -0.25) is 4.79 Å². The number of anilines is 2. The number of fused-ring (bicyclic) bond motifs is 1. The van der Waals surface area contributed by atoms with Crippen LogP contribution in [-0.4, -0.2) is 5.91 Å². The summed E-state index contributed by atoms with van der Waals surface area (Å²) in [5.74, 6) is -0.896. The van der Waals surface area contributed by atoms with Crippen molar-refractivity contribution in [1.82, 2.24) is 0 Å². The van der Waals surface area contributed by atoms with E-state index in [0.717, 1.165) is 12.1 Å². The molecule has 1 amide bonds. The van der Waals surface area contributed by atoms with Crippen LogP contribution in [-0.2, 0) is 11.0 Å². The van der Waals surface area contributed by atoms with Crippen LogP contribution in [0.2, 0.25) is 0 Å². The lowest BCUT2D eigenvalue weighted by atomic mass is 10.0. The van der Waals surface area contributed by atoms with E-state index in [1.54, 1.807) is 0 Å². The van der Waals surface area contributed by atoms with E-state index in [2.05, 4.69) is 10.6 Å². The van der Waals surface area contributed by atoms with Crippen molar-refractivity contribution in [3.8, 4) is 0 Å². The van der Waals surface area contributed by atoms with Crippen LogP contribution in [0.1, 0.15) is 17.2 Å². The summed E-state index contributed by atoms with van der Waals surface area (Å²) in [7, 11) is 0. The Morgan fingerprint density at radius 2 is 1.64 bits per heavy atom. The van der Waals surface area contributed by atoms with E-state index in [1.165, 1.54) is 30.3 Å². The van der Waals surface area contributed by atoms with Crippen LogP contribution in [0.3, 0.4) is 0 Å². The van der Waals surface area contributed by atoms with Crippen molar-refractivity contribution in [1.29, 1.82) is 0 Å². The molecule has 2 aromatic rings. The van der Waals surface area contributed by atoms with Crippen molar-refractivity contribution in [2.75, 3.05) is 10.6 Å². The van der Waals surface area contributed by atoms with Gasteiger partial charge in [0, 0.05) is 0 Å². The van der Waals surface area contributed by atoms with Gasteiger partial charge in [0.1, 0.15) is 11.9 Å². The first kappa shape index (κ1) is 14.4. The lowest BCUT2D eigenvalue weighted by molar-refractivity contribution is -0.137. The minimum atomic E-state index is -4.43. The Kier molecular flexibility index (Phi) is 3.27. The van der Waals surface area contributed by atoms with E-state index in [0.29, 0.717) is 16.9 Å². The molecule has 2 N–H and O–H groups in total. The topological polar surface area (TPSA) is 41.1 Å². The first-order valence-electron chi connectivity index (χ1n) is 6.39. The maximum Gasteiger partial charge on any atom is 0.416 e. The Hall–Kier alpha value is -2.57. The minimum Gasteiger partial charge on any atom is -0.368 e. The van der Waals surface area contributed by atoms with E-state index in [9.17, 15) is 22.4 Å². The highest BCUT2D eigenvalue weighted by molar-refractivity contribution is 6.03. The fraction of sp³-hybridized carbons (Fsp3) is 0.133. The molecule has 1 heterocycles. The first-order chi connectivity index (χ1) is 10.3. The molecule has 1 aliphatic heterocycles. The lowest BCUT2D eigenvalue weighted by Gasteiger charge is -2.27. The van der Waals surface area contributed by atoms with Crippen LogP contribution in [0.4, 0.5) is 28.9 Å². The zero-order valence-corrected chi connectivity index (χ0v) is 11.0. The van der Waals surface area contributed by atoms with Crippen LogP contribution >= 0.6 is 0 Å². The first-order valence-corrected chi connectivity index (χ1v) is 6.39. The molecule has 0 fully saturated rings. The van der Waals surface area contributed by atoms with E-state index >= 15 is 0 Å². The molecule has 0 bridgehead atoms. The summed E-state index contributed by atoms with van der Waals surface area (Å²) >= 11 is 0. The monoisotopic (exact) mass is 310 g/mol. The molecule has 1 atom stereocenters. The number of rotatable bonds is 1. The highest BCUT2D eigenvalue weighted by Crippen LogP contribution is 2.34. The quantitative estimate of drug-likeness (QED) is 0.783. The molecule has 0 aliphatic carbocycles. The molecule has 0 saturated carbocycles. The van der Waals surface area contributed by atoms with Crippen molar-refractivity contribution in [2.24, 2.45) is 0 Å². The Labute approximate surface area is 123 Å². The third-order valence-electron chi connectivity index (χ3n) is 3.37. The summed E-state index contributed by atoms with van der Waals surface area (Å²) in [5.41, 5.74) is 0.374. The zero-order valence-electron chi connectivity index (χ0n) is 11.0. The molecule has 0 radical (unpaired) electrons. The van der Waals surface area contributed by atoms with Gasteiger partial charge < -0.3 is 10.6 Å². The van der Waals surface area contributed by atoms with E-state index in [1.807, 2.05) is 0 Å². The highest BCUT2D eigenvalue weighted by atomic mass is 19.4. The van der Waals surface area contributed by atoms with Gasteiger partial charge in [0.15, 0.2) is 0 Å². The number of amides is 1. The summed E-state index contributed by atoms with van der Waals surface area (Å²) in [4.78, 5) is 12.0. The number of carbonyl (C=O) groups is 1. The van der Waals surface area contributed by atoms with Crippen LogP contribution in [0, 0.1) is 5.82 Å². The van der Waals surface area contributed by atoms with Crippen molar-refractivity contribution < 1.29 is 22.4 Å². The molecule has 7 heteroatoms. The second-order valence-corrected chi connectivity index (χ2v) is 4.88. The number of benzene rings is 2. The molecule has 1 unspecified atom stereocenters. The number of carbonyl (C=O) groups excluding carboxylic acids is 1. The molecule has 2 aromatic carbocycles. The number of halogens is 4. The molecule has 22 heavy (non-hydrogen) atoms. The molecule has 1 aliphatic rings. The van der Waals surface area contributed by atoms with Crippen molar-refractivity contribution in [3.63, 3.8) is 0 Å². The standard InChI is InChI=1S/C15H10F4N2O/c16-10-5-6-11-12(7-10)20-13(14(22)21-11)8-1-3-9(4-2-8)15(17,18)19/h1-7,13,20H,(H,21,22). The molecule has 3 nitrogen and oxygen atoms in total. The average Bonchev–Trinajstić information content (AvgIpc) is 2.46. The molecular formula is C15H10F4N2O. The zero-order chi connectivity index (χ0) is 15.9. The second-order valence-electron chi connectivity index (χ2n) is 4.88. The Morgan fingerprint density at radius 3 is 2.27 bits per heavy atom. The average molecular weight is 310 g/mol. The van der Waals surface area contributed by atoms with Crippen LogP contribution in [0.5, 0.6) is 0 Å². The summed E-state index contributed by atoms with van der Waals surface area (Å²) in [6.45, 7) is 0. The SMILES string of the molecule is O=C1Nc2ccc(F)cc2NC1c1ccc(C(F)(F)F)cc1. The smallest absolute Gasteiger partial charge is 0.368 e. The van der Waals surface area contributed by atoms with Gasteiger partial charge in [-0.2, -0.15) is 13.2 Å². The fourth-order valence-corrected chi connectivity index (χ4v) is 2.27. The van der Waals surface area contributed by atoms with Gasteiger partial charge in [0.2, 0.25) is 0 Å². The van der Waals surface area contributed by atoms with Crippen molar-refractivity contribution in [3.05, 3.63) is 59.4 Å². The van der Waals surface area contributed by atoms with E-state index < -0.39 is 29.5 Å². The maximum absolute atomic E-state index is 13.2. The Bertz CT molecular complexity index is 725. The van der Waals surface area contributed by atoms with Gasteiger partial charge in [-0.1, -0.05) is 12.1 Å². The number of hydrogen-bond acceptors (Lipinski definition) is 2. The number of nitrogens with one attached hydrogen (secondary N) is 2. The molecule has 114 valence electrons. The Morgan fingerprint density at radius 1 is 0.955 bits per heavy atom. The second kappa shape index (κ2) is 5.01. The van der Waals surface area contributed by atoms with Crippen LogP contribution in [0.15, 0.2) is 42.5 Å². The largest absolute Gasteiger partial charge is 0.416 e. The van der Waals surface area contributed by atoms with E-state index in [4.69, 9.17) is 0 Å². The molecule has 3 rings (SSSR count). The van der Waals surface area contributed by atoms with Gasteiger partial charge in [0.25, 0.3) is 5.91 Å². The number of hydrogen-bond donors (Lipinski definition) is 2. The van der Waals surface area contributed by atoms with E-state index in [-0.39, 0.29) is 0 Å². The summed E-state index contributed by atoms with van der Waals surface area (Å²) < 4.78 is 50.9. The molecule has 0 aromatic heterocycles. The van der Waals surface area contributed by atoms with Crippen LogP contribution in [0.25, 0.3) is 0 Å². The number of alkyl halides is 3. The summed E-state index contributed by atoms with van der Waals surface area (Å²) in [6.07, 6.45) is -4.43. The van der Waals surface area contributed by atoms with Crippen molar-refractivity contribution in [2.45, 2.75) is 12.2 Å². The van der Waals surface area contributed by atoms with Crippen LogP contribution < -0.4 is 10.6 Å². The maximum atomic E-state index is 13.2. The normalized spacial score (nSPS) is 17.5. The van der Waals surface area contributed by atoms with Gasteiger partial charge in [0.05, 0.1) is 16.9 Å². The molecule has 0 saturated heterocycles. The highest BCUT2D eigenvalue weighted by Gasteiger charge is 2.32. The van der Waals surface area contributed by atoms with Gasteiger partial charge in [-0.25, -0.2) is 4.39 Å². The van der Waals surface area contributed by atoms with Gasteiger partial charge >= 0.3 is 6.18 Å². The fourth-order valence-electron chi connectivity index (χ4n) is 2.27.